The smallest absolute Gasteiger partial charge is 0.172 e. The van der Waals surface area contributed by atoms with Gasteiger partial charge in [-0.25, -0.2) is 0 Å². The molecule has 0 amide bonds. The highest BCUT2D eigenvalue weighted by atomic mass is 16.7. The van der Waals surface area contributed by atoms with E-state index in [0.29, 0.717) is 11.3 Å². The molecule has 3 fully saturated rings. The first-order chi connectivity index (χ1) is 9.65. The first-order valence-corrected chi connectivity index (χ1v) is 8.59. The van der Waals surface area contributed by atoms with Crippen molar-refractivity contribution in [1.82, 2.24) is 0 Å². The van der Waals surface area contributed by atoms with Crippen LogP contribution in [0.3, 0.4) is 0 Å². The summed E-state index contributed by atoms with van der Waals surface area (Å²) in [4.78, 5) is 0. The second-order valence-corrected chi connectivity index (χ2v) is 7.84. The van der Waals surface area contributed by atoms with E-state index in [1.165, 1.54) is 38.5 Å². The first kappa shape index (κ1) is 13.3. The predicted molar refractivity (Wildman–Crippen MR) is 79.3 cm³/mol. The fraction of sp³-hybridized carbons (Fsp3) is 0.889. The molecule has 112 valence electrons. The maximum Gasteiger partial charge on any atom is 0.172 e. The minimum atomic E-state index is -0.210. The van der Waals surface area contributed by atoms with E-state index in [1.807, 2.05) is 0 Å². The van der Waals surface area contributed by atoms with E-state index in [0.717, 1.165) is 31.5 Å². The first-order valence-electron chi connectivity index (χ1n) is 8.59. The molecule has 3 unspecified atom stereocenters. The van der Waals surface area contributed by atoms with E-state index in [1.54, 1.807) is 5.57 Å². The quantitative estimate of drug-likeness (QED) is 0.614. The Morgan fingerprint density at radius 2 is 1.95 bits per heavy atom. The van der Waals surface area contributed by atoms with Crippen molar-refractivity contribution in [2.45, 2.75) is 64.6 Å². The van der Waals surface area contributed by atoms with Crippen LogP contribution in [0.2, 0.25) is 0 Å². The molecule has 2 saturated carbocycles. The van der Waals surface area contributed by atoms with Gasteiger partial charge in [0.1, 0.15) is 0 Å². The van der Waals surface area contributed by atoms with E-state index >= 15 is 0 Å². The molecule has 2 bridgehead atoms. The fourth-order valence-electron chi connectivity index (χ4n) is 5.98. The summed E-state index contributed by atoms with van der Waals surface area (Å²) in [6, 6.07) is 0. The third-order valence-electron chi connectivity index (χ3n) is 6.75. The second kappa shape index (κ2) is 4.58. The summed E-state index contributed by atoms with van der Waals surface area (Å²) in [7, 11) is 0. The molecule has 2 heteroatoms. The highest BCUT2D eigenvalue weighted by molar-refractivity contribution is 5.15. The highest BCUT2D eigenvalue weighted by Gasteiger charge is 2.63. The Balaban J connectivity index is 1.78. The van der Waals surface area contributed by atoms with E-state index < -0.39 is 0 Å². The molecule has 0 aromatic carbocycles. The standard InChI is InChI=1S/C18H28O2/c1-13-5-7-17-6-3-4-15(14(2)12-13)16(17)18(9-8-17)19-10-11-20-18/h5,14-16H,3-4,6-12H2,1-2H3/b13-5-/t14-,15?,16?,17?/m0/s1. The van der Waals surface area contributed by atoms with Crippen molar-refractivity contribution in [3.05, 3.63) is 11.6 Å². The molecule has 0 radical (unpaired) electrons. The molecule has 1 spiro atoms. The summed E-state index contributed by atoms with van der Waals surface area (Å²) >= 11 is 0. The third-order valence-corrected chi connectivity index (χ3v) is 6.75. The maximum atomic E-state index is 6.23. The molecular weight excluding hydrogens is 248 g/mol. The Kier molecular flexibility index (Phi) is 3.05. The Morgan fingerprint density at radius 3 is 2.75 bits per heavy atom. The summed E-state index contributed by atoms with van der Waals surface area (Å²) in [6.45, 7) is 6.41. The Morgan fingerprint density at radius 1 is 1.15 bits per heavy atom. The molecule has 3 aliphatic carbocycles. The van der Waals surface area contributed by atoms with Gasteiger partial charge in [-0.15, -0.1) is 0 Å². The number of hydrogen-bond acceptors (Lipinski definition) is 2. The van der Waals surface area contributed by atoms with Crippen molar-refractivity contribution >= 4 is 0 Å². The molecule has 0 aromatic heterocycles. The van der Waals surface area contributed by atoms with Crippen molar-refractivity contribution in [1.29, 1.82) is 0 Å². The van der Waals surface area contributed by atoms with E-state index in [-0.39, 0.29) is 5.79 Å². The monoisotopic (exact) mass is 276 g/mol. The van der Waals surface area contributed by atoms with Crippen LogP contribution in [-0.2, 0) is 9.47 Å². The van der Waals surface area contributed by atoms with Crippen LogP contribution in [-0.4, -0.2) is 19.0 Å². The molecule has 20 heavy (non-hydrogen) atoms. The van der Waals surface area contributed by atoms with Crippen LogP contribution in [0.5, 0.6) is 0 Å². The van der Waals surface area contributed by atoms with Crippen LogP contribution in [0.15, 0.2) is 11.6 Å². The van der Waals surface area contributed by atoms with Crippen molar-refractivity contribution in [2.75, 3.05) is 13.2 Å². The van der Waals surface area contributed by atoms with Gasteiger partial charge in [0.15, 0.2) is 5.79 Å². The lowest BCUT2D eigenvalue weighted by Crippen LogP contribution is -2.49. The maximum absolute atomic E-state index is 6.23. The molecule has 0 N–H and O–H groups in total. The zero-order chi connectivity index (χ0) is 13.8. The van der Waals surface area contributed by atoms with Crippen LogP contribution in [0.25, 0.3) is 0 Å². The highest BCUT2D eigenvalue weighted by Crippen LogP contribution is 2.65. The summed E-state index contributed by atoms with van der Waals surface area (Å²) in [5, 5.41) is 0. The van der Waals surface area contributed by atoms with E-state index in [2.05, 4.69) is 19.9 Å². The van der Waals surface area contributed by atoms with Crippen LogP contribution in [0.4, 0.5) is 0 Å². The molecule has 4 atom stereocenters. The van der Waals surface area contributed by atoms with Gasteiger partial charge in [0, 0.05) is 12.3 Å². The van der Waals surface area contributed by atoms with Gasteiger partial charge in [0.25, 0.3) is 0 Å². The van der Waals surface area contributed by atoms with Crippen LogP contribution < -0.4 is 0 Å². The summed E-state index contributed by atoms with van der Waals surface area (Å²) < 4.78 is 12.5. The molecule has 4 aliphatic rings. The van der Waals surface area contributed by atoms with Crippen LogP contribution in [0.1, 0.15) is 58.8 Å². The van der Waals surface area contributed by atoms with E-state index in [9.17, 15) is 0 Å². The largest absolute Gasteiger partial charge is 0.347 e. The van der Waals surface area contributed by atoms with Gasteiger partial charge in [-0.1, -0.05) is 25.0 Å². The summed E-state index contributed by atoms with van der Waals surface area (Å²) in [5.74, 6) is 2.01. The lowest BCUT2D eigenvalue weighted by Gasteiger charge is -2.51. The normalized spacial score (nSPS) is 49.3. The molecule has 0 aromatic rings. The molecule has 2 nitrogen and oxygen atoms in total. The molecule has 1 saturated heterocycles. The fourth-order valence-corrected chi connectivity index (χ4v) is 5.98. The zero-order valence-electron chi connectivity index (χ0n) is 13.0. The van der Waals surface area contributed by atoms with Gasteiger partial charge in [-0.2, -0.15) is 0 Å². The molecule has 4 rings (SSSR count). The van der Waals surface area contributed by atoms with Crippen LogP contribution >= 0.6 is 0 Å². The summed E-state index contributed by atoms with van der Waals surface area (Å²) in [5.41, 5.74) is 2.08. The van der Waals surface area contributed by atoms with Gasteiger partial charge in [0.05, 0.1) is 13.2 Å². The molecule has 1 heterocycles. The average Bonchev–Trinajstić information content (AvgIpc) is 3.03. The average molecular weight is 276 g/mol. The molecule has 1 aliphatic heterocycles. The Bertz CT molecular complexity index is 421. The van der Waals surface area contributed by atoms with Gasteiger partial charge in [-0.05, 0) is 56.3 Å². The number of hydrogen-bond donors (Lipinski definition) is 0. The van der Waals surface area contributed by atoms with Crippen molar-refractivity contribution in [2.24, 2.45) is 23.2 Å². The van der Waals surface area contributed by atoms with Gasteiger partial charge < -0.3 is 9.47 Å². The van der Waals surface area contributed by atoms with Crippen molar-refractivity contribution in [3.63, 3.8) is 0 Å². The Hall–Kier alpha value is -0.340. The number of rotatable bonds is 0. The Labute approximate surface area is 122 Å². The minimum absolute atomic E-state index is 0.210. The SMILES string of the molecule is C/C1=C/CC23CCCC(C2C2(CC3)OCCO2)[C@@H](C)C1. The summed E-state index contributed by atoms with van der Waals surface area (Å²) in [6.07, 6.45) is 11.7. The number of ether oxygens (including phenoxy) is 2. The van der Waals surface area contributed by atoms with Crippen molar-refractivity contribution in [3.8, 4) is 0 Å². The lowest BCUT2D eigenvalue weighted by molar-refractivity contribution is -0.219. The second-order valence-electron chi connectivity index (χ2n) is 7.84. The minimum Gasteiger partial charge on any atom is -0.347 e. The predicted octanol–water partition coefficient (Wildman–Crippen LogP) is 4.30. The van der Waals surface area contributed by atoms with Gasteiger partial charge in [0.2, 0.25) is 0 Å². The van der Waals surface area contributed by atoms with E-state index in [4.69, 9.17) is 9.47 Å². The molecular formula is C18H28O2. The van der Waals surface area contributed by atoms with Gasteiger partial charge >= 0.3 is 0 Å². The topological polar surface area (TPSA) is 18.5 Å². The van der Waals surface area contributed by atoms with Gasteiger partial charge in [-0.3, -0.25) is 0 Å². The number of allylic oxidation sites excluding steroid dienone is 2. The lowest BCUT2D eigenvalue weighted by atomic mass is 9.56. The van der Waals surface area contributed by atoms with Crippen LogP contribution in [0, 0.1) is 23.2 Å². The zero-order valence-corrected chi connectivity index (χ0v) is 13.0. The third kappa shape index (κ3) is 1.77. The van der Waals surface area contributed by atoms with Crippen molar-refractivity contribution < 1.29 is 9.47 Å².